The minimum Gasteiger partial charge on any atom is -0.445 e. The number of anilines is 1. The fraction of sp³-hybridized carbons (Fsp3) is 0.217. The molecular formula is C23H20N6O3. The van der Waals surface area contributed by atoms with Crippen LogP contribution in [0, 0.1) is 6.92 Å². The molecule has 1 aromatic carbocycles. The van der Waals surface area contributed by atoms with Crippen molar-refractivity contribution in [2.24, 2.45) is 0 Å². The van der Waals surface area contributed by atoms with Gasteiger partial charge in [-0.25, -0.2) is 14.6 Å². The number of aromatic nitrogens is 5. The van der Waals surface area contributed by atoms with Crippen molar-refractivity contribution in [2.75, 3.05) is 31.2 Å². The molecule has 1 fully saturated rings. The Labute approximate surface area is 183 Å². The quantitative estimate of drug-likeness (QED) is 0.426. The SMILES string of the molecule is Cc1cccc(-c2ccn(-c3nc(N4CCOCC4)c4oc(-c5ncco5)cc4n3)n2)c1. The lowest BCUT2D eigenvalue weighted by molar-refractivity contribution is 0.122. The summed E-state index contributed by atoms with van der Waals surface area (Å²) < 4.78 is 18.7. The van der Waals surface area contributed by atoms with Crippen LogP contribution < -0.4 is 4.90 Å². The molecule has 5 aromatic rings. The number of aryl methyl sites for hydroxylation is 1. The van der Waals surface area contributed by atoms with Gasteiger partial charge >= 0.3 is 0 Å². The van der Waals surface area contributed by atoms with Crippen molar-refractivity contribution in [2.45, 2.75) is 6.92 Å². The molecule has 0 N–H and O–H groups in total. The van der Waals surface area contributed by atoms with Crippen LogP contribution in [-0.4, -0.2) is 51.0 Å². The fourth-order valence-electron chi connectivity index (χ4n) is 3.84. The van der Waals surface area contributed by atoms with Gasteiger partial charge in [0.15, 0.2) is 17.2 Å². The number of furan rings is 1. The van der Waals surface area contributed by atoms with Gasteiger partial charge in [-0.05, 0) is 19.1 Å². The van der Waals surface area contributed by atoms with E-state index in [-0.39, 0.29) is 0 Å². The Kier molecular flexibility index (Phi) is 4.46. The van der Waals surface area contributed by atoms with E-state index in [4.69, 9.17) is 28.6 Å². The molecule has 1 aliphatic heterocycles. The number of nitrogens with zero attached hydrogens (tertiary/aromatic N) is 6. The molecular weight excluding hydrogens is 408 g/mol. The molecule has 0 atom stereocenters. The molecule has 1 aliphatic rings. The van der Waals surface area contributed by atoms with Gasteiger partial charge < -0.3 is 18.5 Å². The van der Waals surface area contributed by atoms with E-state index in [1.165, 1.54) is 11.8 Å². The Balaban J connectivity index is 1.47. The Hall–Kier alpha value is -3.98. The number of benzene rings is 1. The van der Waals surface area contributed by atoms with Gasteiger partial charge in [-0.15, -0.1) is 0 Å². The van der Waals surface area contributed by atoms with E-state index in [0.29, 0.717) is 60.8 Å². The number of oxazole rings is 1. The van der Waals surface area contributed by atoms with Crippen LogP contribution >= 0.6 is 0 Å². The molecule has 6 rings (SSSR count). The molecule has 0 radical (unpaired) electrons. The summed E-state index contributed by atoms with van der Waals surface area (Å²) in [5.74, 6) is 2.08. The predicted molar refractivity (Wildman–Crippen MR) is 118 cm³/mol. The number of rotatable bonds is 4. The maximum Gasteiger partial charge on any atom is 0.262 e. The average Bonchev–Trinajstić information content (AvgIpc) is 3.59. The third-order valence-electron chi connectivity index (χ3n) is 5.40. The van der Waals surface area contributed by atoms with Gasteiger partial charge in [-0.3, -0.25) is 0 Å². The summed E-state index contributed by atoms with van der Waals surface area (Å²) in [6.45, 7) is 4.76. The topological polar surface area (TPSA) is 95.2 Å². The van der Waals surface area contributed by atoms with Crippen LogP contribution in [0.5, 0.6) is 0 Å². The summed E-state index contributed by atoms with van der Waals surface area (Å²) >= 11 is 0. The minimum atomic E-state index is 0.401. The van der Waals surface area contributed by atoms with E-state index < -0.39 is 0 Å². The molecule has 32 heavy (non-hydrogen) atoms. The van der Waals surface area contributed by atoms with Gasteiger partial charge in [-0.1, -0.05) is 23.8 Å². The number of morpholine rings is 1. The predicted octanol–water partition coefficient (Wildman–Crippen LogP) is 3.88. The number of hydrogen-bond acceptors (Lipinski definition) is 8. The van der Waals surface area contributed by atoms with Crippen LogP contribution in [0.25, 0.3) is 40.0 Å². The van der Waals surface area contributed by atoms with Gasteiger partial charge in [0.1, 0.15) is 11.8 Å². The average molecular weight is 428 g/mol. The van der Waals surface area contributed by atoms with Crippen molar-refractivity contribution in [3.05, 3.63) is 60.6 Å². The van der Waals surface area contributed by atoms with Gasteiger partial charge in [0, 0.05) is 30.9 Å². The third kappa shape index (κ3) is 3.32. The monoisotopic (exact) mass is 428 g/mol. The molecule has 0 saturated carbocycles. The molecule has 0 unspecified atom stereocenters. The molecule has 0 aliphatic carbocycles. The first-order valence-corrected chi connectivity index (χ1v) is 10.4. The van der Waals surface area contributed by atoms with Gasteiger partial charge in [-0.2, -0.15) is 10.1 Å². The van der Waals surface area contributed by atoms with Gasteiger partial charge in [0.2, 0.25) is 0 Å². The summed E-state index contributed by atoms with van der Waals surface area (Å²) in [6, 6.07) is 12.0. The zero-order valence-electron chi connectivity index (χ0n) is 17.4. The second-order valence-electron chi connectivity index (χ2n) is 7.62. The number of ether oxygens (including phenoxy) is 1. The van der Waals surface area contributed by atoms with E-state index in [1.54, 1.807) is 10.9 Å². The highest BCUT2D eigenvalue weighted by Crippen LogP contribution is 2.32. The Morgan fingerprint density at radius 2 is 1.94 bits per heavy atom. The first-order valence-electron chi connectivity index (χ1n) is 10.4. The summed E-state index contributed by atoms with van der Waals surface area (Å²) in [5.41, 5.74) is 4.35. The van der Waals surface area contributed by atoms with Crippen LogP contribution in [0.2, 0.25) is 0 Å². The maximum absolute atomic E-state index is 6.08. The normalized spacial score (nSPS) is 14.3. The second-order valence-corrected chi connectivity index (χ2v) is 7.62. The smallest absolute Gasteiger partial charge is 0.262 e. The van der Waals surface area contributed by atoms with Crippen molar-refractivity contribution >= 4 is 16.9 Å². The molecule has 0 bridgehead atoms. The van der Waals surface area contributed by atoms with Crippen molar-refractivity contribution in [1.29, 1.82) is 0 Å². The summed E-state index contributed by atoms with van der Waals surface area (Å²) in [7, 11) is 0. The summed E-state index contributed by atoms with van der Waals surface area (Å²) in [5, 5.41) is 4.73. The second kappa shape index (κ2) is 7.61. The molecule has 9 heteroatoms. The van der Waals surface area contributed by atoms with Gasteiger partial charge in [0.25, 0.3) is 11.8 Å². The molecule has 9 nitrogen and oxygen atoms in total. The van der Waals surface area contributed by atoms with Crippen LogP contribution in [0.4, 0.5) is 5.82 Å². The van der Waals surface area contributed by atoms with E-state index in [0.717, 1.165) is 11.3 Å². The van der Waals surface area contributed by atoms with Crippen LogP contribution in [0.1, 0.15) is 5.56 Å². The highest BCUT2D eigenvalue weighted by atomic mass is 16.5. The number of hydrogen-bond donors (Lipinski definition) is 0. The third-order valence-corrected chi connectivity index (χ3v) is 5.40. The van der Waals surface area contributed by atoms with Crippen molar-refractivity contribution in [3.8, 4) is 28.9 Å². The minimum absolute atomic E-state index is 0.401. The number of fused-ring (bicyclic) bond motifs is 1. The lowest BCUT2D eigenvalue weighted by atomic mass is 10.1. The highest BCUT2D eigenvalue weighted by Gasteiger charge is 2.23. The zero-order valence-corrected chi connectivity index (χ0v) is 17.4. The fourth-order valence-corrected chi connectivity index (χ4v) is 3.84. The maximum atomic E-state index is 6.08. The van der Waals surface area contributed by atoms with E-state index in [2.05, 4.69) is 28.9 Å². The highest BCUT2D eigenvalue weighted by molar-refractivity contribution is 5.87. The molecule has 1 saturated heterocycles. The standard InChI is InChI=1S/C23H20N6O3/c1-15-3-2-4-16(13-15)17-5-7-29(27-17)23-25-18-14-19(22-24-6-10-31-22)32-20(18)21(26-23)28-8-11-30-12-9-28/h2-7,10,13-14H,8-9,11-12H2,1H3. The van der Waals surface area contributed by atoms with Gasteiger partial charge in [0.05, 0.1) is 25.1 Å². The first-order chi connectivity index (χ1) is 15.7. The molecule has 0 amide bonds. The van der Waals surface area contributed by atoms with E-state index in [9.17, 15) is 0 Å². The lowest BCUT2D eigenvalue weighted by Gasteiger charge is -2.27. The van der Waals surface area contributed by atoms with Crippen molar-refractivity contribution in [1.82, 2.24) is 24.7 Å². The van der Waals surface area contributed by atoms with E-state index in [1.807, 2.05) is 30.5 Å². The van der Waals surface area contributed by atoms with Crippen molar-refractivity contribution < 1.29 is 13.6 Å². The molecule has 5 heterocycles. The Bertz CT molecular complexity index is 1380. The molecule has 0 spiro atoms. The largest absolute Gasteiger partial charge is 0.445 e. The molecule has 160 valence electrons. The van der Waals surface area contributed by atoms with Crippen molar-refractivity contribution in [3.63, 3.8) is 0 Å². The van der Waals surface area contributed by atoms with E-state index >= 15 is 0 Å². The Morgan fingerprint density at radius 3 is 2.75 bits per heavy atom. The summed E-state index contributed by atoms with van der Waals surface area (Å²) in [4.78, 5) is 15.9. The lowest BCUT2D eigenvalue weighted by Crippen LogP contribution is -2.37. The van der Waals surface area contributed by atoms with Crippen LogP contribution in [0.15, 0.2) is 63.9 Å². The van der Waals surface area contributed by atoms with Crippen LogP contribution in [-0.2, 0) is 4.74 Å². The Morgan fingerprint density at radius 1 is 1.03 bits per heavy atom. The molecule has 4 aromatic heterocycles. The summed E-state index contributed by atoms with van der Waals surface area (Å²) in [6.07, 6.45) is 4.97. The van der Waals surface area contributed by atoms with Crippen LogP contribution in [0.3, 0.4) is 0 Å². The zero-order chi connectivity index (χ0) is 21.5. The first kappa shape index (κ1) is 18.8.